The van der Waals surface area contributed by atoms with Crippen LogP contribution >= 0.6 is 34.4 Å². The molecular formula is C17H15N3O2S3. The SMILES string of the molecule is CSc1ccc(-c2csc(NC(=O)CNC(=O)c3cccs3)n2)cc1. The first kappa shape index (κ1) is 17.7. The maximum Gasteiger partial charge on any atom is 0.261 e. The van der Waals surface area contributed by atoms with Crippen molar-refractivity contribution in [2.75, 3.05) is 18.1 Å². The number of thiophene rings is 1. The zero-order chi connectivity index (χ0) is 17.6. The third kappa shape index (κ3) is 4.68. The lowest BCUT2D eigenvalue weighted by molar-refractivity contribution is -0.115. The molecule has 128 valence electrons. The van der Waals surface area contributed by atoms with Gasteiger partial charge in [-0.2, -0.15) is 0 Å². The number of anilines is 1. The standard InChI is InChI=1S/C17H15N3O2S3/c1-23-12-6-4-11(5-7-12)13-10-25-17(19-13)20-15(21)9-18-16(22)14-3-2-8-24-14/h2-8,10H,9H2,1H3,(H,18,22)(H,19,20,21). The van der Waals surface area contributed by atoms with Gasteiger partial charge in [-0.15, -0.1) is 34.4 Å². The van der Waals surface area contributed by atoms with Crippen molar-refractivity contribution in [2.45, 2.75) is 4.90 Å². The molecule has 8 heteroatoms. The van der Waals surface area contributed by atoms with E-state index in [4.69, 9.17) is 0 Å². The fourth-order valence-corrected chi connectivity index (χ4v) is 3.83. The summed E-state index contributed by atoms with van der Waals surface area (Å²) in [5, 5.41) is 9.53. The molecule has 0 atom stereocenters. The van der Waals surface area contributed by atoms with Crippen molar-refractivity contribution in [1.29, 1.82) is 0 Å². The van der Waals surface area contributed by atoms with E-state index in [1.54, 1.807) is 23.9 Å². The Labute approximate surface area is 157 Å². The lowest BCUT2D eigenvalue weighted by Crippen LogP contribution is -2.32. The van der Waals surface area contributed by atoms with Crippen molar-refractivity contribution in [1.82, 2.24) is 10.3 Å². The summed E-state index contributed by atoms with van der Waals surface area (Å²) < 4.78 is 0. The van der Waals surface area contributed by atoms with Gasteiger partial charge in [0.25, 0.3) is 5.91 Å². The topological polar surface area (TPSA) is 71.1 Å². The minimum Gasteiger partial charge on any atom is -0.342 e. The number of hydrogen-bond acceptors (Lipinski definition) is 6. The Balaban J connectivity index is 1.55. The molecule has 2 amide bonds. The predicted molar refractivity (Wildman–Crippen MR) is 105 cm³/mol. The molecule has 0 aliphatic rings. The van der Waals surface area contributed by atoms with Gasteiger partial charge in [0.1, 0.15) is 0 Å². The first-order valence-electron chi connectivity index (χ1n) is 7.37. The number of amides is 2. The fourth-order valence-electron chi connectivity index (χ4n) is 2.04. The van der Waals surface area contributed by atoms with Crippen LogP contribution in [0, 0.1) is 0 Å². The lowest BCUT2D eigenvalue weighted by atomic mass is 10.2. The number of rotatable bonds is 6. The number of hydrogen-bond donors (Lipinski definition) is 2. The van der Waals surface area contributed by atoms with Crippen molar-refractivity contribution in [3.05, 3.63) is 52.0 Å². The second-order valence-electron chi connectivity index (χ2n) is 4.97. The number of carbonyl (C=O) groups is 2. The maximum absolute atomic E-state index is 12.0. The first-order valence-corrected chi connectivity index (χ1v) is 10.4. The smallest absolute Gasteiger partial charge is 0.261 e. The highest BCUT2D eigenvalue weighted by molar-refractivity contribution is 7.98. The van der Waals surface area contributed by atoms with Gasteiger partial charge in [-0.05, 0) is 29.8 Å². The molecule has 25 heavy (non-hydrogen) atoms. The molecule has 0 saturated heterocycles. The average molecular weight is 390 g/mol. The van der Waals surface area contributed by atoms with Crippen LogP contribution in [0.25, 0.3) is 11.3 Å². The van der Waals surface area contributed by atoms with Crippen LogP contribution < -0.4 is 10.6 Å². The van der Waals surface area contributed by atoms with E-state index in [1.807, 2.05) is 41.3 Å². The van der Waals surface area contributed by atoms with Crippen LogP contribution in [0.5, 0.6) is 0 Å². The number of benzene rings is 1. The van der Waals surface area contributed by atoms with E-state index in [-0.39, 0.29) is 18.4 Å². The summed E-state index contributed by atoms with van der Waals surface area (Å²) in [6.45, 7) is -0.0892. The molecule has 0 spiro atoms. The molecule has 1 aromatic carbocycles. The van der Waals surface area contributed by atoms with Crippen molar-refractivity contribution < 1.29 is 9.59 Å². The molecule has 0 bridgehead atoms. The summed E-state index contributed by atoms with van der Waals surface area (Å²) in [5.41, 5.74) is 1.82. The number of nitrogens with one attached hydrogen (secondary N) is 2. The predicted octanol–water partition coefficient (Wildman–Crippen LogP) is 3.96. The Morgan fingerprint density at radius 1 is 1.16 bits per heavy atom. The van der Waals surface area contributed by atoms with E-state index in [9.17, 15) is 9.59 Å². The molecule has 0 unspecified atom stereocenters. The quantitative estimate of drug-likeness (QED) is 0.626. The van der Waals surface area contributed by atoms with E-state index in [1.165, 1.54) is 27.6 Å². The van der Waals surface area contributed by atoms with E-state index in [0.717, 1.165) is 11.3 Å². The van der Waals surface area contributed by atoms with Gasteiger partial charge in [-0.3, -0.25) is 9.59 Å². The normalized spacial score (nSPS) is 10.4. The number of thioether (sulfide) groups is 1. The van der Waals surface area contributed by atoms with Crippen LogP contribution in [0.4, 0.5) is 5.13 Å². The van der Waals surface area contributed by atoms with Gasteiger partial charge >= 0.3 is 0 Å². The highest BCUT2D eigenvalue weighted by Crippen LogP contribution is 2.26. The van der Waals surface area contributed by atoms with Gasteiger partial charge in [0, 0.05) is 15.8 Å². The van der Waals surface area contributed by atoms with Gasteiger partial charge in [-0.25, -0.2) is 4.98 Å². The van der Waals surface area contributed by atoms with Gasteiger partial charge < -0.3 is 10.6 Å². The Kier molecular flexibility index (Phi) is 5.85. The van der Waals surface area contributed by atoms with Crippen LogP contribution in [0.1, 0.15) is 9.67 Å². The minimum absolute atomic E-state index is 0.0892. The third-order valence-electron chi connectivity index (χ3n) is 3.29. The second kappa shape index (κ2) is 8.28. The molecule has 2 aromatic heterocycles. The molecule has 3 rings (SSSR count). The number of aromatic nitrogens is 1. The fraction of sp³-hybridized carbons (Fsp3) is 0.118. The van der Waals surface area contributed by atoms with Crippen molar-refractivity contribution in [2.24, 2.45) is 0 Å². The zero-order valence-corrected chi connectivity index (χ0v) is 15.8. The van der Waals surface area contributed by atoms with Crippen LogP contribution in [0.3, 0.4) is 0 Å². The Bertz CT molecular complexity index is 858. The highest BCUT2D eigenvalue weighted by atomic mass is 32.2. The van der Waals surface area contributed by atoms with E-state index in [2.05, 4.69) is 15.6 Å². The van der Waals surface area contributed by atoms with Crippen LogP contribution in [-0.2, 0) is 4.79 Å². The summed E-state index contributed by atoms with van der Waals surface area (Å²) >= 11 is 4.37. The van der Waals surface area contributed by atoms with Gasteiger partial charge in [0.05, 0.1) is 17.1 Å². The average Bonchev–Trinajstić information content (AvgIpc) is 3.32. The van der Waals surface area contributed by atoms with Gasteiger partial charge in [0.2, 0.25) is 5.91 Å². The van der Waals surface area contributed by atoms with Gasteiger partial charge in [-0.1, -0.05) is 18.2 Å². The molecule has 2 heterocycles. The molecule has 0 aliphatic heterocycles. The van der Waals surface area contributed by atoms with Crippen LogP contribution in [-0.4, -0.2) is 29.6 Å². The summed E-state index contributed by atoms with van der Waals surface area (Å²) in [7, 11) is 0. The molecule has 2 N–H and O–H groups in total. The highest BCUT2D eigenvalue weighted by Gasteiger charge is 2.11. The first-order chi connectivity index (χ1) is 12.2. The maximum atomic E-state index is 12.0. The molecule has 5 nitrogen and oxygen atoms in total. The molecule has 3 aromatic rings. The molecule has 0 saturated carbocycles. The zero-order valence-electron chi connectivity index (χ0n) is 13.3. The Morgan fingerprint density at radius 2 is 1.96 bits per heavy atom. The largest absolute Gasteiger partial charge is 0.342 e. The summed E-state index contributed by atoms with van der Waals surface area (Å²) in [6, 6.07) is 11.6. The third-order valence-corrected chi connectivity index (χ3v) is 5.66. The minimum atomic E-state index is -0.302. The number of thiazole rings is 1. The van der Waals surface area contributed by atoms with Crippen molar-refractivity contribution in [3.63, 3.8) is 0 Å². The van der Waals surface area contributed by atoms with E-state index in [0.29, 0.717) is 10.0 Å². The summed E-state index contributed by atoms with van der Waals surface area (Å²) in [4.78, 5) is 30.0. The number of nitrogens with zero attached hydrogens (tertiary/aromatic N) is 1. The van der Waals surface area contributed by atoms with E-state index < -0.39 is 0 Å². The van der Waals surface area contributed by atoms with Crippen LogP contribution in [0.2, 0.25) is 0 Å². The Morgan fingerprint density at radius 3 is 2.64 bits per heavy atom. The monoisotopic (exact) mass is 389 g/mol. The molecule has 0 radical (unpaired) electrons. The second-order valence-corrected chi connectivity index (χ2v) is 7.66. The summed E-state index contributed by atoms with van der Waals surface area (Å²) in [5.74, 6) is -0.553. The van der Waals surface area contributed by atoms with E-state index >= 15 is 0 Å². The molecule has 0 aliphatic carbocycles. The summed E-state index contributed by atoms with van der Waals surface area (Å²) in [6.07, 6.45) is 2.03. The lowest BCUT2D eigenvalue weighted by Gasteiger charge is -2.03. The molecular weight excluding hydrogens is 374 g/mol. The van der Waals surface area contributed by atoms with Crippen LogP contribution in [0.15, 0.2) is 52.1 Å². The number of carbonyl (C=O) groups excluding carboxylic acids is 2. The van der Waals surface area contributed by atoms with Crippen molar-refractivity contribution in [3.8, 4) is 11.3 Å². The van der Waals surface area contributed by atoms with Gasteiger partial charge in [0.15, 0.2) is 5.13 Å². The van der Waals surface area contributed by atoms with Crippen molar-refractivity contribution >= 4 is 51.4 Å². The Hall–Kier alpha value is -2.16. The molecule has 0 fully saturated rings.